The molecule has 1 unspecified atom stereocenters. The zero-order valence-electron chi connectivity index (χ0n) is 9.35. The Morgan fingerprint density at radius 2 is 1.44 bits per heavy atom. The van der Waals surface area contributed by atoms with Gasteiger partial charge in [0.25, 0.3) is 0 Å². The summed E-state index contributed by atoms with van der Waals surface area (Å²) in [6, 6.07) is 14.9. The van der Waals surface area contributed by atoms with Crippen LogP contribution in [0.5, 0.6) is 0 Å². The van der Waals surface area contributed by atoms with Crippen LogP contribution in [0.2, 0.25) is 10.0 Å². The molecule has 0 spiro atoms. The first-order valence-electron chi connectivity index (χ1n) is 5.07. The molecule has 2 aromatic carbocycles. The summed E-state index contributed by atoms with van der Waals surface area (Å²) in [6.45, 7) is 0. The van der Waals surface area contributed by atoms with Gasteiger partial charge in [-0.2, -0.15) is 0 Å². The Kier molecular flexibility index (Phi) is 5.93. The standard InChI is InChI=1S/C13H11Cl2NO.ClH/c14-11-6-10(7-12(15)8-11)13(17-16)9-4-2-1-3-5-9;/h1-8,13H,16H2;1H. The predicted molar refractivity (Wildman–Crippen MR) is 77.3 cm³/mol. The maximum absolute atomic E-state index is 5.96. The zero-order valence-corrected chi connectivity index (χ0v) is 11.7. The average Bonchev–Trinajstić information content (AvgIpc) is 2.30. The Hall–Kier alpha value is -0.770. The van der Waals surface area contributed by atoms with Crippen LogP contribution in [0, 0.1) is 0 Å². The maximum atomic E-state index is 5.96. The minimum absolute atomic E-state index is 0. The number of benzene rings is 2. The fourth-order valence-electron chi connectivity index (χ4n) is 1.70. The van der Waals surface area contributed by atoms with Crippen molar-refractivity contribution in [3.63, 3.8) is 0 Å². The van der Waals surface area contributed by atoms with E-state index in [0.29, 0.717) is 10.0 Å². The van der Waals surface area contributed by atoms with Crippen LogP contribution in [-0.2, 0) is 4.84 Å². The van der Waals surface area contributed by atoms with Crippen LogP contribution in [0.4, 0.5) is 0 Å². The fraction of sp³-hybridized carbons (Fsp3) is 0.0769. The summed E-state index contributed by atoms with van der Waals surface area (Å²) in [5.41, 5.74) is 1.78. The molecule has 0 aliphatic heterocycles. The zero-order chi connectivity index (χ0) is 12.3. The van der Waals surface area contributed by atoms with Gasteiger partial charge in [0.05, 0.1) is 0 Å². The number of halogens is 3. The van der Waals surface area contributed by atoms with E-state index in [-0.39, 0.29) is 18.5 Å². The lowest BCUT2D eigenvalue weighted by atomic mass is 10.0. The van der Waals surface area contributed by atoms with E-state index in [0.717, 1.165) is 11.1 Å². The van der Waals surface area contributed by atoms with Crippen molar-refractivity contribution in [2.75, 3.05) is 0 Å². The Morgan fingerprint density at radius 3 is 1.94 bits per heavy atom. The van der Waals surface area contributed by atoms with Crippen molar-refractivity contribution in [1.29, 1.82) is 0 Å². The van der Waals surface area contributed by atoms with Gasteiger partial charge in [-0.15, -0.1) is 12.4 Å². The molecule has 0 aromatic heterocycles. The van der Waals surface area contributed by atoms with Gasteiger partial charge in [0.2, 0.25) is 0 Å². The second-order valence-corrected chi connectivity index (χ2v) is 4.50. The van der Waals surface area contributed by atoms with Gasteiger partial charge in [0.1, 0.15) is 6.10 Å². The van der Waals surface area contributed by atoms with Crippen LogP contribution in [-0.4, -0.2) is 0 Å². The third-order valence-electron chi connectivity index (χ3n) is 2.43. The summed E-state index contributed by atoms with van der Waals surface area (Å²) in [7, 11) is 0. The van der Waals surface area contributed by atoms with Gasteiger partial charge in [-0.3, -0.25) is 4.84 Å². The second-order valence-electron chi connectivity index (χ2n) is 3.63. The van der Waals surface area contributed by atoms with E-state index in [2.05, 4.69) is 0 Å². The fourth-order valence-corrected chi connectivity index (χ4v) is 2.25. The molecule has 5 heteroatoms. The third-order valence-corrected chi connectivity index (χ3v) is 2.86. The average molecular weight is 305 g/mol. The molecule has 0 amide bonds. The lowest BCUT2D eigenvalue weighted by molar-refractivity contribution is 0.0813. The van der Waals surface area contributed by atoms with Crippen molar-refractivity contribution in [2.45, 2.75) is 6.10 Å². The van der Waals surface area contributed by atoms with Gasteiger partial charge < -0.3 is 0 Å². The van der Waals surface area contributed by atoms with E-state index >= 15 is 0 Å². The molecule has 18 heavy (non-hydrogen) atoms. The Bertz CT molecular complexity index is 485. The van der Waals surface area contributed by atoms with Gasteiger partial charge in [0, 0.05) is 10.0 Å². The van der Waals surface area contributed by atoms with Crippen molar-refractivity contribution in [1.82, 2.24) is 0 Å². The monoisotopic (exact) mass is 303 g/mol. The van der Waals surface area contributed by atoms with E-state index in [4.69, 9.17) is 33.9 Å². The summed E-state index contributed by atoms with van der Waals surface area (Å²) in [6.07, 6.45) is -0.368. The van der Waals surface area contributed by atoms with Crippen molar-refractivity contribution in [3.05, 3.63) is 69.7 Å². The van der Waals surface area contributed by atoms with Crippen molar-refractivity contribution < 1.29 is 4.84 Å². The molecule has 2 nitrogen and oxygen atoms in total. The number of rotatable bonds is 3. The van der Waals surface area contributed by atoms with E-state index < -0.39 is 0 Å². The van der Waals surface area contributed by atoms with Gasteiger partial charge in [-0.1, -0.05) is 53.5 Å². The first-order valence-corrected chi connectivity index (χ1v) is 5.83. The molecule has 0 heterocycles. The van der Waals surface area contributed by atoms with Crippen LogP contribution < -0.4 is 5.90 Å². The van der Waals surface area contributed by atoms with E-state index in [1.807, 2.05) is 30.3 Å². The number of nitrogens with two attached hydrogens (primary N) is 1. The van der Waals surface area contributed by atoms with Crippen molar-refractivity contribution in [2.24, 2.45) is 5.90 Å². The molecule has 0 radical (unpaired) electrons. The summed E-state index contributed by atoms with van der Waals surface area (Å²) in [5, 5.41) is 1.12. The van der Waals surface area contributed by atoms with E-state index in [1.165, 1.54) is 0 Å². The summed E-state index contributed by atoms with van der Waals surface area (Å²) < 4.78 is 0. The van der Waals surface area contributed by atoms with Gasteiger partial charge in [-0.25, -0.2) is 5.90 Å². The molecule has 2 rings (SSSR count). The van der Waals surface area contributed by atoms with Crippen LogP contribution in [0.25, 0.3) is 0 Å². The topological polar surface area (TPSA) is 35.2 Å². The van der Waals surface area contributed by atoms with Crippen molar-refractivity contribution in [3.8, 4) is 0 Å². The van der Waals surface area contributed by atoms with Gasteiger partial charge in [0.15, 0.2) is 0 Å². The lowest BCUT2D eigenvalue weighted by Gasteiger charge is -2.15. The maximum Gasteiger partial charge on any atom is 0.129 e. The van der Waals surface area contributed by atoms with Crippen LogP contribution in [0.1, 0.15) is 17.2 Å². The lowest BCUT2D eigenvalue weighted by Crippen LogP contribution is -2.10. The Morgan fingerprint density at radius 1 is 0.889 bits per heavy atom. The second kappa shape index (κ2) is 6.98. The molecular weight excluding hydrogens is 293 g/mol. The first-order chi connectivity index (χ1) is 8.20. The van der Waals surface area contributed by atoms with Crippen molar-refractivity contribution >= 4 is 35.6 Å². The highest BCUT2D eigenvalue weighted by Crippen LogP contribution is 2.29. The smallest absolute Gasteiger partial charge is 0.129 e. The minimum atomic E-state index is -0.368. The van der Waals surface area contributed by atoms with E-state index in [9.17, 15) is 0 Å². The summed E-state index contributed by atoms with van der Waals surface area (Å²) >= 11 is 11.9. The quantitative estimate of drug-likeness (QED) is 0.853. The Balaban J connectivity index is 0.00000162. The molecule has 2 aromatic rings. The highest BCUT2D eigenvalue weighted by atomic mass is 35.5. The molecule has 0 saturated heterocycles. The molecular formula is C13H12Cl3NO. The first kappa shape index (κ1) is 15.3. The summed E-state index contributed by atoms with van der Waals surface area (Å²) in [4.78, 5) is 5.02. The summed E-state index contributed by atoms with van der Waals surface area (Å²) in [5.74, 6) is 5.35. The SMILES string of the molecule is Cl.NOC(c1ccccc1)c1cc(Cl)cc(Cl)c1. The number of hydrogen-bond acceptors (Lipinski definition) is 2. The minimum Gasteiger partial charge on any atom is -0.292 e. The van der Waals surface area contributed by atoms with Gasteiger partial charge in [-0.05, 0) is 29.3 Å². The third kappa shape index (κ3) is 3.61. The molecule has 0 saturated carbocycles. The number of hydrogen-bond donors (Lipinski definition) is 1. The van der Waals surface area contributed by atoms with Crippen LogP contribution in [0.3, 0.4) is 0 Å². The molecule has 0 bridgehead atoms. The van der Waals surface area contributed by atoms with Crippen LogP contribution >= 0.6 is 35.6 Å². The molecule has 0 fully saturated rings. The predicted octanol–water partition coefficient (Wildman–Crippen LogP) is 4.39. The molecule has 2 N–H and O–H groups in total. The highest BCUT2D eigenvalue weighted by molar-refractivity contribution is 6.34. The molecule has 1 atom stereocenters. The van der Waals surface area contributed by atoms with E-state index in [1.54, 1.807) is 18.2 Å². The molecule has 0 aliphatic carbocycles. The largest absolute Gasteiger partial charge is 0.292 e. The molecule has 96 valence electrons. The highest BCUT2D eigenvalue weighted by Gasteiger charge is 2.14. The normalized spacial score (nSPS) is 11.7. The Labute approximate surface area is 122 Å². The van der Waals surface area contributed by atoms with Gasteiger partial charge >= 0.3 is 0 Å². The molecule has 0 aliphatic rings. The van der Waals surface area contributed by atoms with Crippen LogP contribution in [0.15, 0.2) is 48.5 Å².